The number of rotatable bonds is 4. The number of nitrogens with zero attached hydrogens (tertiary/aromatic N) is 1. The second-order valence-corrected chi connectivity index (χ2v) is 10.1. The third-order valence-corrected chi connectivity index (χ3v) is 7.28. The molecule has 0 N–H and O–H groups in total. The normalized spacial score (nSPS) is 13.7. The largest absolute Gasteiger partial charge is 0.416 e. The highest BCUT2D eigenvalue weighted by molar-refractivity contribution is 7.87. The van der Waals surface area contributed by atoms with Crippen molar-refractivity contribution in [2.45, 2.75) is 37.4 Å². The molecule has 1 aliphatic rings. The first-order chi connectivity index (χ1) is 16.6. The molecule has 5 nitrogen and oxygen atoms in total. The third-order valence-electron chi connectivity index (χ3n) is 6.07. The van der Waals surface area contributed by atoms with Crippen LogP contribution in [0.3, 0.4) is 0 Å². The van der Waals surface area contributed by atoms with Gasteiger partial charge in [-0.3, -0.25) is 4.79 Å². The Morgan fingerprint density at radius 2 is 1.71 bits per heavy atom. The lowest BCUT2D eigenvalue weighted by molar-refractivity contribution is -0.137. The molecular formula is C26H20F3NO4S. The number of halogens is 3. The Morgan fingerprint density at radius 3 is 2.43 bits per heavy atom. The Balaban J connectivity index is 1.80. The number of aromatic nitrogens is 1. The lowest BCUT2D eigenvalue weighted by Gasteiger charge is -2.24. The number of benzene rings is 3. The van der Waals surface area contributed by atoms with E-state index in [4.69, 9.17) is 4.18 Å². The molecule has 180 valence electrons. The first-order valence-corrected chi connectivity index (χ1v) is 12.3. The molecule has 35 heavy (non-hydrogen) atoms. The number of hydrogen-bond donors (Lipinski definition) is 0. The first kappa shape index (κ1) is 23.2. The maximum atomic E-state index is 13.7. The predicted molar refractivity (Wildman–Crippen MR) is 126 cm³/mol. The van der Waals surface area contributed by atoms with E-state index in [0.29, 0.717) is 35.5 Å². The van der Waals surface area contributed by atoms with E-state index in [1.54, 1.807) is 41.0 Å². The molecule has 0 unspecified atom stereocenters. The number of alkyl halides is 3. The van der Waals surface area contributed by atoms with Crippen LogP contribution in [-0.4, -0.2) is 13.0 Å². The standard InChI is InChI=1S/C26H20F3NO4S/c1-16-13-18-9-6-12-30-23(18)21(14-16)24(22(25(30)31)17-7-3-2-4-8-17)34-35(32,33)20-11-5-10-19(15-20)26(27,28)29/h2-5,7-8,10-11,13-15H,6,9,12H2,1H3. The van der Waals surface area contributed by atoms with Gasteiger partial charge in [-0.1, -0.05) is 42.5 Å². The highest BCUT2D eigenvalue weighted by Gasteiger charge is 2.33. The average Bonchev–Trinajstić information content (AvgIpc) is 2.82. The van der Waals surface area contributed by atoms with Gasteiger partial charge in [0.05, 0.1) is 16.6 Å². The van der Waals surface area contributed by atoms with E-state index in [0.717, 1.165) is 35.7 Å². The summed E-state index contributed by atoms with van der Waals surface area (Å²) in [7, 11) is -4.71. The van der Waals surface area contributed by atoms with E-state index in [1.807, 2.05) is 13.0 Å². The van der Waals surface area contributed by atoms with Gasteiger partial charge in [-0.05, 0) is 60.7 Å². The van der Waals surface area contributed by atoms with Gasteiger partial charge >= 0.3 is 16.3 Å². The lowest BCUT2D eigenvalue weighted by atomic mass is 9.95. The molecule has 0 spiro atoms. The molecule has 0 saturated carbocycles. The van der Waals surface area contributed by atoms with Crippen molar-refractivity contribution in [1.29, 1.82) is 0 Å². The summed E-state index contributed by atoms with van der Waals surface area (Å²) in [5, 5.41) is 0.425. The molecule has 1 aromatic heterocycles. The smallest absolute Gasteiger partial charge is 0.377 e. The van der Waals surface area contributed by atoms with Gasteiger partial charge in [0.25, 0.3) is 5.56 Å². The molecule has 3 aromatic carbocycles. The summed E-state index contributed by atoms with van der Waals surface area (Å²) < 4.78 is 73.4. The monoisotopic (exact) mass is 499 g/mol. The Hall–Kier alpha value is -3.59. The Kier molecular flexibility index (Phi) is 5.47. The SMILES string of the molecule is Cc1cc2c3c(c1)c(OS(=O)(=O)c1cccc(C(F)(F)F)c1)c(-c1ccccc1)c(=O)n3CCC2. The van der Waals surface area contributed by atoms with E-state index < -0.39 is 32.3 Å². The van der Waals surface area contributed by atoms with Crippen LogP contribution in [0.4, 0.5) is 13.2 Å². The molecular weight excluding hydrogens is 479 g/mol. The third kappa shape index (κ3) is 4.10. The van der Waals surface area contributed by atoms with Crippen LogP contribution in [-0.2, 0) is 29.3 Å². The predicted octanol–water partition coefficient (Wildman–Crippen LogP) is 5.71. The van der Waals surface area contributed by atoms with Crippen LogP contribution < -0.4 is 9.74 Å². The van der Waals surface area contributed by atoms with Crippen molar-refractivity contribution in [2.75, 3.05) is 0 Å². The van der Waals surface area contributed by atoms with Crippen LogP contribution in [0.1, 0.15) is 23.1 Å². The molecule has 0 saturated heterocycles. The van der Waals surface area contributed by atoms with E-state index in [1.165, 1.54) is 0 Å². The molecule has 9 heteroatoms. The maximum absolute atomic E-state index is 13.7. The zero-order chi connectivity index (χ0) is 25.0. The summed E-state index contributed by atoms with van der Waals surface area (Å²) in [5.74, 6) is -0.184. The number of pyridine rings is 1. The van der Waals surface area contributed by atoms with Gasteiger partial charge in [-0.15, -0.1) is 0 Å². The molecule has 0 fully saturated rings. The van der Waals surface area contributed by atoms with Gasteiger partial charge in [-0.25, -0.2) is 0 Å². The first-order valence-electron chi connectivity index (χ1n) is 10.9. The van der Waals surface area contributed by atoms with Gasteiger partial charge in [0, 0.05) is 11.9 Å². The second-order valence-electron chi connectivity index (χ2n) is 8.51. The summed E-state index contributed by atoms with van der Waals surface area (Å²) in [5.41, 5.74) is 1.30. The molecule has 0 atom stereocenters. The fraction of sp³-hybridized carbons (Fsp3) is 0.192. The number of hydrogen-bond acceptors (Lipinski definition) is 4. The van der Waals surface area contributed by atoms with Crippen molar-refractivity contribution in [3.05, 3.63) is 93.8 Å². The Bertz CT molecular complexity index is 1620. The molecule has 2 heterocycles. The van der Waals surface area contributed by atoms with Gasteiger partial charge < -0.3 is 8.75 Å². The van der Waals surface area contributed by atoms with Crippen LogP contribution in [0.15, 0.2) is 76.4 Å². The minimum atomic E-state index is -4.73. The van der Waals surface area contributed by atoms with Crippen molar-refractivity contribution in [2.24, 2.45) is 0 Å². The Labute approximate surface area is 199 Å². The molecule has 4 aromatic rings. The minimum Gasteiger partial charge on any atom is -0.377 e. The fourth-order valence-electron chi connectivity index (χ4n) is 4.58. The van der Waals surface area contributed by atoms with Crippen molar-refractivity contribution in [1.82, 2.24) is 4.57 Å². The molecule has 1 aliphatic heterocycles. The van der Waals surface area contributed by atoms with Crippen LogP contribution >= 0.6 is 0 Å². The van der Waals surface area contributed by atoms with Gasteiger partial charge in [0.15, 0.2) is 5.75 Å². The zero-order valence-corrected chi connectivity index (χ0v) is 19.4. The van der Waals surface area contributed by atoms with E-state index in [9.17, 15) is 26.4 Å². The average molecular weight is 500 g/mol. The van der Waals surface area contributed by atoms with Gasteiger partial charge in [0.1, 0.15) is 4.90 Å². The van der Waals surface area contributed by atoms with Gasteiger partial charge in [-0.2, -0.15) is 21.6 Å². The number of aryl methyl sites for hydroxylation is 3. The van der Waals surface area contributed by atoms with Crippen molar-refractivity contribution < 1.29 is 25.8 Å². The quantitative estimate of drug-likeness (QED) is 0.338. The van der Waals surface area contributed by atoms with Crippen LogP contribution in [0.25, 0.3) is 22.0 Å². The summed E-state index contributed by atoms with van der Waals surface area (Å²) >= 11 is 0. The summed E-state index contributed by atoms with van der Waals surface area (Å²) in [6.45, 7) is 2.32. The van der Waals surface area contributed by atoms with Crippen LogP contribution in [0, 0.1) is 6.92 Å². The second kappa shape index (κ2) is 8.27. The molecule has 0 aliphatic carbocycles. The van der Waals surface area contributed by atoms with Crippen molar-refractivity contribution in [3.8, 4) is 16.9 Å². The van der Waals surface area contributed by atoms with Crippen LogP contribution in [0.5, 0.6) is 5.75 Å². The zero-order valence-electron chi connectivity index (χ0n) is 18.6. The van der Waals surface area contributed by atoms with E-state index in [2.05, 4.69) is 0 Å². The van der Waals surface area contributed by atoms with Crippen molar-refractivity contribution in [3.63, 3.8) is 0 Å². The molecule has 0 radical (unpaired) electrons. The maximum Gasteiger partial charge on any atom is 0.416 e. The van der Waals surface area contributed by atoms with E-state index >= 15 is 0 Å². The summed E-state index contributed by atoms with van der Waals surface area (Å²) in [6.07, 6.45) is -3.26. The van der Waals surface area contributed by atoms with Gasteiger partial charge in [0.2, 0.25) is 0 Å². The molecule has 5 rings (SSSR count). The lowest BCUT2D eigenvalue weighted by Crippen LogP contribution is -2.27. The summed E-state index contributed by atoms with van der Waals surface area (Å²) in [6, 6.07) is 15.6. The van der Waals surface area contributed by atoms with Crippen LogP contribution in [0.2, 0.25) is 0 Å². The highest BCUT2D eigenvalue weighted by atomic mass is 32.2. The molecule has 0 bridgehead atoms. The topological polar surface area (TPSA) is 65.4 Å². The highest BCUT2D eigenvalue weighted by Crippen LogP contribution is 2.40. The minimum absolute atomic E-state index is 0.0482. The van der Waals surface area contributed by atoms with Crippen molar-refractivity contribution >= 4 is 21.0 Å². The molecule has 0 amide bonds. The Morgan fingerprint density at radius 1 is 0.971 bits per heavy atom. The van der Waals surface area contributed by atoms with E-state index in [-0.39, 0.29) is 11.3 Å². The fourth-order valence-corrected chi connectivity index (χ4v) is 5.58. The summed E-state index contributed by atoms with van der Waals surface area (Å²) in [4.78, 5) is 13.0.